The van der Waals surface area contributed by atoms with E-state index in [-0.39, 0.29) is 0 Å². The average molecular weight is 254 g/mol. The summed E-state index contributed by atoms with van der Waals surface area (Å²) in [6.07, 6.45) is 3.55. The van der Waals surface area contributed by atoms with Gasteiger partial charge in [0.1, 0.15) is 0 Å². The number of thiophene rings is 1. The molecule has 1 fully saturated rings. The summed E-state index contributed by atoms with van der Waals surface area (Å²) in [5.41, 5.74) is 5.73. The third kappa shape index (κ3) is 3.27. The van der Waals surface area contributed by atoms with Crippen LogP contribution in [0.2, 0.25) is 0 Å². The van der Waals surface area contributed by atoms with Crippen molar-refractivity contribution in [2.75, 3.05) is 19.6 Å². The lowest BCUT2D eigenvalue weighted by atomic mass is 9.98. The molecule has 0 saturated carbocycles. The number of rotatable bonds is 4. The van der Waals surface area contributed by atoms with Crippen molar-refractivity contribution in [3.63, 3.8) is 0 Å². The lowest BCUT2D eigenvalue weighted by molar-refractivity contribution is 0.207. The maximum Gasteiger partial charge on any atom is 0.0771 e. The average Bonchev–Trinajstić information content (AvgIpc) is 2.79. The number of nitrogens with zero attached hydrogens (tertiary/aromatic N) is 1. The van der Waals surface area contributed by atoms with Crippen molar-refractivity contribution < 1.29 is 0 Å². The highest BCUT2D eigenvalue weighted by Crippen LogP contribution is 2.18. The van der Waals surface area contributed by atoms with Crippen LogP contribution in [0.25, 0.3) is 0 Å². The molecule has 1 aliphatic rings. The van der Waals surface area contributed by atoms with Crippen LogP contribution in [0.3, 0.4) is 0 Å². The van der Waals surface area contributed by atoms with E-state index in [0.717, 1.165) is 19.5 Å². The van der Waals surface area contributed by atoms with Crippen LogP contribution in [0.15, 0.2) is 17.5 Å². The van der Waals surface area contributed by atoms with Crippen LogP contribution in [0.1, 0.15) is 17.7 Å². The zero-order valence-electron chi connectivity index (χ0n) is 9.39. The molecular weight excluding hydrogens is 236 g/mol. The first-order valence-corrected chi connectivity index (χ1v) is 7.08. The second kappa shape index (κ2) is 5.75. The van der Waals surface area contributed by atoms with E-state index >= 15 is 0 Å². The molecule has 0 aliphatic carbocycles. The van der Waals surface area contributed by atoms with Crippen molar-refractivity contribution in [3.8, 4) is 0 Å². The highest BCUT2D eigenvalue weighted by Gasteiger charge is 2.21. The minimum Gasteiger partial charge on any atom is -0.393 e. The first kappa shape index (κ1) is 12.0. The Morgan fingerprint density at radius 3 is 3.19 bits per heavy atom. The topological polar surface area (TPSA) is 29.3 Å². The first-order chi connectivity index (χ1) is 7.75. The molecule has 1 saturated heterocycles. The van der Waals surface area contributed by atoms with Gasteiger partial charge in [-0.3, -0.25) is 0 Å². The largest absolute Gasteiger partial charge is 0.393 e. The van der Waals surface area contributed by atoms with Gasteiger partial charge in [0.05, 0.1) is 4.99 Å². The highest BCUT2D eigenvalue weighted by atomic mass is 32.1. The molecule has 2 heterocycles. The summed E-state index contributed by atoms with van der Waals surface area (Å²) in [4.78, 5) is 4.66. The molecule has 16 heavy (non-hydrogen) atoms. The van der Waals surface area contributed by atoms with Gasteiger partial charge in [-0.1, -0.05) is 18.3 Å². The Hall–Kier alpha value is -0.450. The van der Waals surface area contributed by atoms with Crippen molar-refractivity contribution in [3.05, 3.63) is 22.4 Å². The summed E-state index contributed by atoms with van der Waals surface area (Å²) in [5.74, 6) is 0.437. The number of hydrogen-bond acceptors (Lipinski definition) is 3. The van der Waals surface area contributed by atoms with Crippen molar-refractivity contribution >= 4 is 28.5 Å². The molecule has 1 aromatic heterocycles. The smallest absolute Gasteiger partial charge is 0.0771 e. The lowest BCUT2D eigenvalue weighted by Crippen LogP contribution is -2.41. The van der Waals surface area contributed by atoms with Crippen molar-refractivity contribution in [2.24, 2.45) is 11.7 Å². The summed E-state index contributed by atoms with van der Waals surface area (Å²) in [7, 11) is 0. The fourth-order valence-corrected chi connectivity index (χ4v) is 3.10. The number of piperidine rings is 1. The van der Waals surface area contributed by atoms with E-state index < -0.39 is 0 Å². The second-order valence-electron chi connectivity index (χ2n) is 4.37. The van der Waals surface area contributed by atoms with Crippen LogP contribution in [0.4, 0.5) is 0 Å². The van der Waals surface area contributed by atoms with Crippen LogP contribution in [0, 0.1) is 5.92 Å². The summed E-state index contributed by atoms with van der Waals surface area (Å²) in [6.45, 7) is 3.39. The second-order valence-corrected chi connectivity index (χ2v) is 5.88. The van der Waals surface area contributed by atoms with Crippen LogP contribution < -0.4 is 5.73 Å². The van der Waals surface area contributed by atoms with Gasteiger partial charge in [-0.2, -0.15) is 0 Å². The molecule has 1 unspecified atom stereocenters. The summed E-state index contributed by atoms with van der Waals surface area (Å²) >= 11 is 6.93. The Bertz CT molecular complexity index is 335. The summed E-state index contributed by atoms with van der Waals surface area (Å²) in [6, 6.07) is 4.33. The van der Waals surface area contributed by atoms with E-state index in [9.17, 15) is 0 Å². The molecule has 2 N–H and O–H groups in total. The van der Waals surface area contributed by atoms with Crippen LogP contribution in [-0.4, -0.2) is 29.5 Å². The third-order valence-corrected chi connectivity index (χ3v) is 4.43. The number of thiocarbonyl (C=S) groups is 1. The number of likely N-dealkylation sites (tertiary alicyclic amines) is 1. The molecule has 4 heteroatoms. The van der Waals surface area contributed by atoms with Gasteiger partial charge in [0.2, 0.25) is 0 Å². The van der Waals surface area contributed by atoms with Crippen molar-refractivity contribution in [1.82, 2.24) is 4.90 Å². The van der Waals surface area contributed by atoms with Crippen molar-refractivity contribution in [2.45, 2.75) is 19.3 Å². The Kier molecular flexibility index (Phi) is 4.32. The number of hydrogen-bond donors (Lipinski definition) is 1. The molecule has 2 rings (SSSR count). The number of nitrogens with two attached hydrogens (primary N) is 1. The Balaban J connectivity index is 1.79. The predicted molar refractivity (Wildman–Crippen MR) is 74.0 cm³/mol. The summed E-state index contributed by atoms with van der Waals surface area (Å²) < 4.78 is 0. The van der Waals surface area contributed by atoms with Crippen LogP contribution >= 0.6 is 23.6 Å². The van der Waals surface area contributed by atoms with Crippen LogP contribution in [-0.2, 0) is 6.42 Å². The molecule has 0 spiro atoms. The molecule has 1 aromatic rings. The predicted octanol–water partition coefficient (Wildman–Crippen LogP) is 2.29. The van der Waals surface area contributed by atoms with Gasteiger partial charge >= 0.3 is 0 Å². The molecule has 2 nitrogen and oxygen atoms in total. The van der Waals surface area contributed by atoms with Crippen LogP contribution in [0.5, 0.6) is 0 Å². The minimum atomic E-state index is 0.437. The van der Waals surface area contributed by atoms with E-state index in [1.165, 1.54) is 24.3 Å². The fourth-order valence-electron chi connectivity index (χ4n) is 2.21. The molecular formula is C12H18N2S2. The van der Waals surface area contributed by atoms with Gasteiger partial charge < -0.3 is 10.6 Å². The van der Waals surface area contributed by atoms with Gasteiger partial charge in [0.15, 0.2) is 0 Å². The molecule has 1 atom stereocenters. The molecule has 1 aliphatic heterocycles. The Morgan fingerprint density at radius 1 is 1.62 bits per heavy atom. The van der Waals surface area contributed by atoms with E-state index in [4.69, 9.17) is 18.0 Å². The standard InChI is InChI=1S/C12H18N2S2/c13-12(15)10-3-1-6-14(9-10)7-5-11-4-2-8-16-11/h2,4,8,10H,1,3,5-7,9H2,(H2,13,15). The zero-order valence-corrected chi connectivity index (χ0v) is 11.0. The van der Waals surface area contributed by atoms with Gasteiger partial charge in [-0.05, 0) is 37.3 Å². The van der Waals surface area contributed by atoms with E-state index in [1.807, 2.05) is 11.3 Å². The highest BCUT2D eigenvalue weighted by molar-refractivity contribution is 7.80. The Morgan fingerprint density at radius 2 is 2.50 bits per heavy atom. The monoisotopic (exact) mass is 254 g/mol. The van der Waals surface area contributed by atoms with Gasteiger partial charge in [0.25, 0.3) is 0 Å². The first-order valence-electron chi connectivity index (χ1n) is 5.80. The SMILES string of the molecule is NC(=S)C1CCCN(CCc2cccs2)C1. The van der Waals surface area contributed by atoms with E-state index in [2.05, 4.69) is 22.4 Å². The minimum absolute atomic E-state index is 0.437. The quantitative estimate of drug-likeness (QED) is 0.836. The lowest BCUT2D eigenvalue weighted by Gasteiger charge is -2.31. The van der Waals surface area contributed by atoms with E-state index in [0.29, 0.717) is 10.9 Å². The molecule has 0 bridgehead atoms. The maximum absolute atomic E-state index is 5.73. The molecule has 88 valence electrons. The van der Waals surface area contributed by atoms with Crippen molar-refractivity contribution in [1.29, 1.82) is 0 Å². The molecule has 0 radical (unpaired) electrons. The van der Waals surface area contributed by atoms with Gasteiger partial charge in [-0.15, -0.1) is 11.3 Å². The third-order valence-electron chi connectivity index (χ3n) is 3.16. The Labute approximate surface area is 106 Å². The maximum atomic E-state index is 5.73. The normalized spacial score (nSPS) is 22.1. The summed E-state index contributed by atoms with van der Waals surface area (Å²) in [5, 5.41) is 2.14. The van der Waals surface area contributed by atoms with Gasteiger partial charge in [0, 0.05) is 23.9 Å². The fraction of sp³-hybridized carbons (Fsp3) is 0.583. The molecule has 0 amide bonds. The van der Waals surface area contributed by atoms with E-state index in [1.54, 1.807) is 0 Å². The molecule has 0 aromatic carbocycles. The zero-order chi connectivity index (χ0) is 11.4. The van der Waals surface area contributed by atoms with Gasteiger partial charge in [-0.25, -0.2) is 0 Å².